The third-order valence-corrected chi connectivity index (χ3v) is 4.67. The molecular weight excluding hydrogens is 412 g/mol. The molecule has 1 atom stereocenters. The summed E-state index contributed by atoms with van der Waals surface area (Å²) in [6, 6.07) is 14.4. The lowest BCUT2D eigenvalue weighted by atomic mass is 10.2. The van der Waals surface area contributed by atoms with Crippen LogP contribution in [0.15, 0.2) is 53.6 Å². The van der Waals surface area contributed by atoms with Crippen molar-refractivity contribution in [2.75, 3.05) is 25.1 Å². The molecule has 0 saturated carbocycles. The van der Waals surface area contributed by atoms with Gasteiger partial charge in [0.05, 0.1) is 12.3 Å². The Hall–Kier alpha value is -3.72. The van der Waals surface area contributed by atoms with Gasteiger partial charge in [0.15, 0.2) is 6.61 Å². The number of nitrogens with one attached hydrogen (secondary N) is 3. The van der Waals surface area contributed by atoms with E-state index in [-0.39, 0.29) is 25.2 Å². The van der Waals surface area contributed by atoms with Gasteiger partial charge in [-0.1, -0.05) is 24.3 Å². The number of para-hydroxylation sites is 1. The number of rotatable bonds is 8. The van der Waals surface area contributed by atoms with E-state index in [0.717, 1.165) is 18.4 Å². The molecule has 0 spiro atoms. The first-order chi connectivity index (χ1) is 15.5. The van der Waals surface area contributed by atoms with Crippen LogP contribution >= 0.6 is 0 Å². The third-order valence-electron chi connectivity index (χ3n) is 4.67. The van der Waals surface area contributed by atoms with E-state index in [1.165, 1.54) is 6.21 Å². The molecule has 32 heavy (non-hydrogen) atoms. The normalized spacial score (nSPS) is 15.3. The zero-order valence-corrected chi connectivity index (χ0v) is 17.8. The van der Waals surface area contributed by atoms with Gasteiger partial charge in [0, 0.05) is 24.4 Å². The highest BCUT2D eigenvalue weighted by atomic mass is 16.5. The van der Waals surface area contributed by atoms with Gasteiger partial charge in [-0.15, -0.1) is 0 Å². The molecule has 9 nitrogen and oxygen atoms in total. The van der Waals surface area contributed by atoms with Gasteiger partial charge in [0.25, 0.3) is 5.91 Å². The van der Waals surface area contributed by atoms with Gasteiger partial charge in [-0.05, 0) is 49.6 Å². The minimum atomic E-state index is -0.879. The molecule has 1 heterocycles. The van der Waals surface area contributed by atoms with Crippen LogP contribution in [-0.4, -0.2) is 49.8 Å². The van der Waals surface area contributed by atoms with Gasteiger partial charge in [-0.3, -0.25) is 14.4 Å². The second kappa shape index (κ2) is 11.6. The van der Waals surface area contributed by atoms with E-state index in [9.17, 15) is 14.4 Å². The Morgan fingerprint density at radius 1 is 1.16 bits per heavy atom. The molecule has 1 aliphatic rings. The summed E-state index contributed by atoms with van der Waals surface area (Å²) < 4.78 is 11.0. The molecule has 0 aliphatic carbocycles. The number of ether oxygens (including phenoxy) is 2. The van der Waals surface area contributed by atoms with Crippen molar-refractivity contribution in [3.8, 4) is 5.75 Å². The topological polar surface area (TPSA) is 118 Å². The monoisotopic (exact) mass is 438 g/mol. The summed E-state index contributed by atoms with van der Waals surface area (Å²) in [5.41, 5.74) is 4.44. The van der Waals surface area contributed by atoms with Crippen LogP contribution < -0.4 is 20.8 Å². The average molecular weight is 438 g/mol. The fraction of sp³-hybridized carbons (Fsp3) is 0.304. The van der Waals surface area contributed by atoms with Crippen LogP contribution in [0.1, 0.15) is 24.0 Å². The second-order valence-corrected chi connectivity index (χ2v) is 7.29. The summed E-state index contributed by atoms with van der Waals surface area (Å²) in [5.74, 6) is -1.56. The Labute approximate surface area is 186 Å². The van der Waals surface area contributed by atoms with Crippen LogP contribution in [0.4, 0.5) is 5.69 Å². The van der Waals surface area contributed by atoms with Crippen molar-refractivity contribution in [3.05, 3.63) is 59.7 Å². The van der Waals surface area contributed by atoms with Gasteiger partial charge in [0.1, 0.15) is 5.75 Å². The first-order valence-corrected chi connectivity index (χ1v) is 10.3. The Balaban J connectivity index is 1.47. The highest BCUT2D eigenvalue weighted by Gasteiger charge is 2.19. The lowest BCUT2D eigenvalue weighted by Crippen LogP contribution is -2.41. The molecule has 0 unspecified atom stereocenters. The Morgan fingerprint density at radius 2 is 2.00 bits per heavy atom. The summed E-state index contributed by atoms with van der Waals surface area (Å²) in [7, 11) is 0. The number of amides is 3. The molecule has 0 radical (unpaired) electrons. The standard InChI is InChI=1S/C23H26N4O5/c1-16-6-4-8-18(12-16)26-21(28)15-32-20-10-3-2-7-17(20)13-25-27-23(30)22(29)24-14-19-9-5-11-31-19/h2-4,6-8,10,12-13,19H,5,9,11,14-15H2,1H3,(H,24,29)(H,26,28)(H,27,30)/b25-13-/t19-/m1/s1. The number of hydrogen-bond donors (Lipinski definition) is 3. The summed E-state index contributed by atoms with van der Waals surface area (Å²) in [6.07, 6.45) is 3.10. The molecule has 3 N–H and O–H groups in total. The van der Waals surface area contributed by atoms with Crippen molar-refractivity contribution in [1.82, 2.24) is 10.7 Å². The van der Waals surface area contributed by atoms with E-state index in [2.05, 4.69) is 21.2 Å². The van der Waals surface area contributed by atoms with Crippen molar-refractivity contribution in [2.45, 2.75) is 25.9 Å². The Bertz CT molecular complexity index is 986. The number of hydrazone groups is 1. The SMILES string of the molecule is Cc1cccc(NC(=O)COc2ccccc2/C=N\NC(=O)C(=O)NC[C@H]2CCCO2)c1. The van der Waals surface area contributed by atoms with Crippen LogP contribution in [0.2, 0.25) is 0 Å². The van der Waals surface area contributed by atoms with E-state index < -0.39 is 11.8 Å². The zero-order valence-electron chi connectivity index (χ0n) is 17.8. The van der Waals surface area contributed by atoms with E-state index in [1.807, 2.05) is 25.1 Å². The van der Waals surface area contributed by atoms with E-state index in [0.29, 0.717) is 23.6 Å². The van der Waals surface area contributed by atoms with Crippen molar-refractivity contribution in [2.24, 2.45) is 5.10 Å². The smallest absolute Gasteiger partial charge is 0.329 e. The van der Waals surface area contributed by atoms with Crippen LogP contribution in [0.25, 0.3) is 0 Å². The fourth-order valence-corrected chi connectivity index (χ4v) is 3.09. The molecule has 9 heteroatoms. The van der Waals surface area contributed by atoms with Crippen LogP contribution in [0.3, 0.4) is 0 Å². The number of aryl methyl sites for hydroxylation is 1. The number of nitrogens with zero attached hydrogens (tertiary/aromatic N) is 1. The molecule has 3 rings (SSSR count). The third kappa shape index (κ3) is 7.21. The highest BCUT2D eigenvalue weighted by Crippen LogP contribution is 2.16. The first-order valence-electron chi connectivity index (χ1n) is 10.3. The van der Waals surface area contributed by atoms with Crippen LogP contribution in [-0.2, 0) is 19.1 Å². The number of carbonyl (C=O) groups excluding carboxylic acids is 3. The molecule has 0 bridgehead atoms. The van der Waals surface area contributed by atoms with Gasteiger partial charge >= 0.3 is 11.8 Å². The van der Waals surface area contributed by atoms with E-state index in [1.54, 1.807) is 30.3 Å². The van der Waals surface area contributed by atoms with Gasteiger partial charge in [-0.2, -0.15) is 5.10 Å². The predicted molar refractivity (Wildman–Crippen MR) is 119 cm³/mol. The molecular formula is C23H26N4O5. The van der Waals surface area contributed by atoms with E-state index in [4.69, 9.17) is 9.47 Å². The summed E-state index contributed by atoms with van der Waals surface area (Å²) in [4.78, 5) is 35.9. The average Bonchev–Trinajstić information content (AvgIpc) is 3.30. The number of anilines is 1. The Morgan fingerprint density at radius 3 is 2.78 bits per heavy atom. The lowest BCUT2D eigenvalue weighted by molar-refractivity contribution is -0.139. The minimum Gasteiger partial charge on any atom is -0.483 e. The van der Waals surface area contributed by atoms with Gasteiger partial charge in [-0.25, -0.2) is 5.43 Å². The first kappa shape index (κ1) is 23.0. The number of hydrogen-bond acceptors (Lipinski definition) is 6. The quantitative estimate of drug-likeness (QED) is 0.330. The number of carbonyl (C=O) groups is 3. The zero-order chi connectivity index (χ0) is 22.8. The van der Waals surface area contributed by atoms with Gasteiger partial charge in [0.2, 0.25) is 0 Å². The van der Waals surface area contributed by atoms with Crippen LogP contribution in [0.5, 0.6) is 5.75 Å². The second-order valence-electron chi connectivity index (χ2n) is 7.29. The van der Waals surface area contributed by atoms with Crippen molar-refractivity contribution in [3.63, 3.8) is 0 Å². The minimum absolute atomic E-state index is 0.0533. The van der Waals surface area contributed by atoms with Gasteiger partial charge < -0.3 is 20.1 Å². The summed E-state index contributed by atoms with van der Waals surface area (Å²) in [6.45, 7) is 2.70. The predicted octanol–water partition coefficient (Wildman–Crippen LogP) is 1.76. The molecule has 168 valence electrons. The summed E-state index contributed by atoms with van der Waals surface area (Å²) in [5, 5.41) is 9.10. The molecule has 2 aromatic carbocycles. The number of benzene rings is 2. The van der Waals surface area contributed by atoms with E-state index >= 15 is 0 Å². The molecule has 1 saturated heterocycles. The maximum Gasteiger partial charge on any atom is 0.329 e. The maximum absolute atomic E-state index is 12.2. The highest BCUT2D eigenvalue weighted by molar-refractivity contribution is 6.35. The van der Waals surface area contributed by atoms with Crippen LogP contribution in [0, 0.1) is 6.92 Å². The van der Waals surface area contributed by atoms with Crippen molar-refractivity contribution >= 4 is 29.6 Å². The van der Waals surface area contributed by atoms with Crippen molar-refractivity contribution in [1.29, 1.82) is 0 Å². The maximum atomic E-state index is 12.2. The largest absolute Gasteiger partial charge is 0.483 e. The summed E-state index contributed by atoms with van der Waals surface area (Å²) >= 11 is 0. The molecule has 0 aromatic heterocycles. The molecule has 1 fully saturated rings. The molecule has 2 aromatic rings. The fourth-order valence-electron chi connectivity index (χ4n) is 3.09. The molecule has 1 aliphatic heterocycles. The lowest BCUT2D eigenvalue weighted by Gasteiger charge is -2.10. The molecule has 3 amide bonds. The Kier molecular flexibility index (Phi) is 8.33. The van der Waals surface area contributed by atoms with Crippen molar-refractivity contribution < 1.29 is 23.9 Å².